The van der Waals surface area contributed by atoms with Crippen LogP contribution in [0.1, 0.15) is 107 Å². The summed E-state index contributed by atoms with van der Waals surface area (Å²) in [4.78, 5) is 74.1. The fraction of sp³-hybridized carbons (Fsp3) is 0.750. The van der Waals surface area contributed by atoms with Crippen LogP contribution in [-0.2, 0) is 61.5 Å². The quantitative estimate of drug-likeness (QED) is 0.155. The third-order valence-corrected chi connectivity index (χ3v) is 7.55. The van der Waals surface area contributed by atoms with Crippen LogP contribution in [0.5, 0.6) is 0 Å². The molecular weight excluding hydrogens is 521 g/mol. The zero-order chi connectivity index (χ0) is 26.6. The number of hydrogen-bond donors (Lipinski definition) is 0. The van der Waals surface area contributed by atoms with Crippen molar-refractivity contribution in [2.75, 3.05) is 0 Å². The Kier molecular flexibility index (Phi) is 18.2. The van der Waals surface area contributed by atoms with E-state index in [2.05, 4.69) is 0 Å². The summed E-state index contributed by atoms with van der Waals surface area (Å²) in [5.74, 6) is -1.19. The molecule has 0 spiro atoms. The molecule has 0 heterocycles. The van der Waals surface area contributed by atoms with Gasteiger partial charge >= 0.3 is 0 Å². The number of Topliss-reactive ketones (excluding diaryl/α,β-unsaturated/α-hetero) is 5. The van der Waals surface area contributed by atoms with Gasteiger partial charge in [0.2, 0.25) is 0 Å². The summed E-state index contributed by atoms with van der Waals surface area (Å²) >= 11 is 0. The topological polar surface area (TPSA) is 102 Å². The second-order valence-electron chi connectivity index (χ2n) is 10.2. The maximum atomic E-state index is 13.1. The molecule has 0 amide bonds. The van der Waals surface area contributed by atoms with Crippen LogP contribution in [0.15, 0.2) is 0 Å². The number of carbonyl (C=O) groups is 6. The average Bonchev–Trinajstić information content (AvgIpc) is 2.71. The molecule has 5 atom stereocenters. The van der Waals surface area contributed by atoms with Crippen molar-refractivity contribution in [3.63, 3.8) is 0 Å². The third-order valence-electron chi connectivity index (χ3n) is 7.55. The Labute approximate surface area is 237 Å². The zero-order valence-corrected chi connectivity index (χ0v) is 25.9. The van der Waals surface area contributed by atoms with Gasteiger partial charge in [0.15, 0.2) is 0 Å². The van der Waals surface area contributed by atoms with Gasteiger partial charge in [0.25, 0.3) is 0 Å². The van der Waals surface area contributed by atoms with Gasteiger partial charge in [0.1, 0.15) is 35.2 Å². The molecule has 0 fully saturated rings. The van der Waals surface area contributed by atoms with Crippen LogP contribution in [0.4, 0.5) is 0 Å². The maximum Gasteiger partial charge on any atom is 0.136 e. The normalized spacial score (nSPS) is 16.3. The average molecular weight is 567 g/mol. The first-order valence-corrected chi connectivity index (χ1v) is 12.5. The molecule has 7 heteroatoms. The Bertz CT molecular complexity index is 746. The summed E-state index contributed by atoms with van der Waals surface area (Å²) in [5, 5.41) is 0. The van der Waals surface area contributed by atoms with E-state index in [-0.39, 0.29) is 99.1 Å². The molecule has 0 aromatic heterocycles. The van der Waals surface area contributed by atoms with Crippen molar-refractivity contribution in [1.29, 1.82) is 0 Å². The molecule has 0 aromatic rings. The molecule has 35 heavy (non-hydrogen) atoms. The Morgan fingerprint density at radius 2 is 1.37 bits per heavy atom. The van der Waals surface area contributed by atoms with Crippen molar-refractivity contribution in [2.45, 2.75) is 107 Å². The summed E-state index contributed by atoms with van der Waals surface area (Å²) in [6, 6.07) is 0. The zero-order valence-electron chi connectivity index (χ0n) is 23.1. The molecule has 1 radical (unpaired) electrons. The van der Waals surface area contributed by atoms with Gasteiger partial charge in [-0.25, -0.2) is 0 Å². The van der Waals surface area contributed by atoms with E-state index in [1.165, 1.54) is 34.6 Å². The van der Waals surface area contributed by atoms with Crippen LogP contribution in [-0.4, -0.2) is 35.2 Å². The Hall–Kier alpha value is -0.876. The van der Waals surface area contributed by atoms with Crippen molar-refractivity contribution in [3.05, 3.63) is 5.92 Å². The van der Waals surface area contributed by atoms with Gasteiger partial charge in [0, 0.05) is 68.7 Å². The summed E-state index contributed by atoms with van der Waals surface area (Å²) in [7, 11) is 0. The molecule has 5 unspecified atom stereocenters. The van der Waals surface area contributed by atoms with E-state index in [9.17, 15) is 28.8 Å². The predicted octanol–water partition coefficient (Wildman–Crippen LogP) is 5.33. The smallest absolute Gasteiger partial charge is 0.136 e. The van der Waals surface area contributed by atoms with E-state index in [1.807, 2.05) is 20.8 Å². The van der Waals surface area contributed by atoms with Crippen molar-refractivity contribution in [3.8, 4) is 0 Å². The first-order chi connectivity index (χ1) is 15.8. The first-order valence-electron chi connectivity index (χ1n) is 12.5. The largest absolute Gasteiger partial charge is 0.316 e. The minimum Gasteiger partial charge on any atom is -0.316 e. The van der Waals surface area contributed by atoms with E-state index in [0.29, 0.717) is 19.3 Å². The van der Waals surface area contributed by atoms with Crippen LogP contribution < -0.4 is 0 Å². The Morgan fingerprint density at radius 1 is 0.857 bits per heavy atom. The minimum absolute atomic E-state index is 0. The van der Waals surface area contributed by atoms with Gasteiger partial charge < -0.3 is 10.7 Å². The molecule has 6 nitrogen and oxygen atoms in total. The molecule has 0 N–H and O–H groups in total. The molecule has 197 valence electrons. The van der Waals surface area contributed by atoms with E-state index >= 15 is 0 Å². The van der Waals surface area contributed by atoms with E-state index in [4.69, 9.17) is 0 Å². The molecule has 0 saturated heterocycles. The molecule has 0 aliphatic carbocycles. The minimum atomic E-state index is -1.08. The van der Waals surface area contributed by atoms with Crippen molar-refractivity contribution < 1.29 is 61.5 Å². The molecule has 0 rings (SSSR count). The molecule has 0 aliphatic heterocycles. The number of hydrogen-bond acceptors (Lipinski definition) is 6. The Morgan fingerprint density at radius 3 is 1.71 bits per heavy atom. The van der Waals surface area contributed by atoms with Crippen molar-refractivity contribution >= 4 is 35.2 Å². The van der Waals surface area contributed by atoms with Crippen LogP contribution in [0.3, 0.4) is 0 Å². The summed E-state index contributed by atoms with van der Waals surface area (Å²) in [5.41, 5.74) is -1.08. The number of carbonyl (C=O) groups excluding carboxylic acids is 6. The Balaban J connectivity index is 0. The molecule has 0 aromatic carbocycles. The summed E-state index contributed by atoms with van der Waals surface area (Å²) in [6.07, 6.45) is 3.54. The van der Waals surface area contributed by atoms with E-state index in [0.717, 1.165) is 18.6 Å². The molecule has 0 bridgehead atoms. The second kappa shape index (κ2) is 17.6. The van der Waals surface area contributed by atoms with Gasteiger partial charge in [-0.3, -0.25) is 24.0 Å². The van der Waals surface area contributed by atoms with Crippen molar-refractivity contribution in [1.82, 2.24) is 0 Å². The summed E-state index contributed by atoms with van der Waals surface area (Å²) < 4.78 is 0. The van der Waals surface area contributed by atoms with Crippen LogP contribution >= 0.6 is 0 Å². The van der Waals surface area contributed by atoms with Crippen LogP contribution in [0.25, 0.3) is 0 Å². The van der Waals surface area contributed by atoms with Gasteiger partial charge in [-0.1, -0.05) is 13.8 Å². The molecule has 0 aliphatic rings. The SMILES string of the molecule is CC[C-](C)CC(C(C)=O)C(CCC(CC(C)=O)(CC(CC=O)C(CC)C(C)=O)C(C)=O)C(C)=O.[Y]. The number of ketones is 5. The van der Waals surface area contributed by atoms with Gasteiger partial charge in [0.05, 0.1) is 0 Å². The van der Waals surface area contributed by atoms with E-state index in [1.54, 1.807) is 0 Å². The van der Waals surface area contributed by atoms with Crippen LogP contribution in [0.2, 0.25) is 0 Å². The van der Waals surface area contributed by atoms with Gasteiger partial charge in [-0.2, -0.15) is 19.8 Å². The fourth-order valence-electron chi connectivity index (χ4n) is 5.36. The number of rotatable bonds is 19. The van der Waals surface area contributed by atoms with E-state index < -0.39 is 17.3 Å². The molecule has 0 saturated carbocycles. The number of aldehydes is 1. The van der Waals surface area contributed by atoms with Gasteiger partial charge in [-0.05, 0) is 66.2 Å². The maximum absolute atomic E-state index is 13.1. The van der Waals surface area contributed by atoms with Crippen LogP contribution in [0, 0.1) is 35.0 Å². The monoisotopic (exact) mass is 566 g/mol. The second-order valence-corrected chi connectivity index (χ2v) is 10.2. The van der Waals surface area contributed by atoms with Gasteiger partial charge in [-0.15, -0.1) is 0 Å². The standard InChI is InChI=1S/C28H45O6.Y/c1-9-18(3)15-27(22(7)33)26(21(6)32)11-13-28(23(8)34,16-19(4)30)17-24(12-14-29)25(10-2)20(5)31;/h14,24-27H,9-13,15-17H2,1-8H3;/q-1;. The predicted molar refractivity (Wildman–Crippen MR) is 133 cm³/mol. The fourth-order valence-corrected chi connectivity index (χ4v) is 5.36. The van der Waals surface area contributed by atoms with Crippen molar-refractivity contribution in [2.24, 2.45) is 29.1 Å². The third kappa shape index (κ3) is 11.8. The first kappa shape index (κ1) is 36.3. The summed E-state index contributed by atoms with van der Waals surface area (Å²) in [6.45, 7) is 13.2. The molecular formula is C28H45O6Y-.